The summed E-state index contributed by atoms with van der Waals surface area (Å²) >= 11 is 0. The second kappa shape index (κ2) is 10.0. The van der Waals surface area contributed by atoms with Crippen molar-refractivity contribution in [3.63, 3.8) is 0 Å². The number of benzene rings is 1. The van der Waals surface area contributed by atoms with E-state index in [1.165, 1.54) is 22.2 Å². The quantitative estimate of drug-likeness (QED) is 0.330. The van der Waals surface area contributed by atoms with E-state index in [9.17, 15) is 10.1 Å². The number of carbonyl (C=O) groups excluding carboxylic acids is 1. The van der Waals surface area contributed by atoms with Gasteiger partial charge in [-0.3, -0.25) is 4.79 Å². The molecule has 4 heteroatoms. The van der Waals surface area contributed by atoms with Gasteiger partial charge in [0.15, 0.2) is 0 Å². The molecule has 0 spiro atoms. The lowest BCUT2D eigenvalue weighted by Gasteiger charge is -2.18. The Morgan fingerprint density at radius 1 is 1.30 bits per heavy atom. The zero-order valence-corrected chi connectivity index (χ0v) is 13.6. The molecule has 0 aliphatic carbocycles. The zero-order valence-electron chi connectivity index (χ0n) is 13.6. The topological polar surface area (TPSA) is 56.1 Å². The van der Waals surface area contributed by atoms with Gasteiger partial charge in [0.1, 0.15) is 11.6 Å². The van der Waals surface area contributed by atoms with Crippen molar-refractivity contribution in [1.29, 1.82) is 5.26 Å². The Bertz CT molecular complexity index is 616. The first-order valence-corrected chi connectivity index (χ1v) is 7.53. The van der Waals surface area contributed by atoms with Gasteiger partial charge in [-0.15, -0.1) is 13.2 Å². The third kappa shape index (κ3) is 5.84. The molecule has 0 saturated carbocycles. The average Bonchev–Trinajstić information content (AvgIpc) is 2.56. The highest BCUT2D eigenvalue weighted by molar-refractivity contribution is 5.97. The molecule has 1 N–H and O–H groups in total. The van der Waals surface area contributed by atoms with Gasteiger partial charge in [-0.25, -0.2) is 0 Å². The van der Waals surface area contributed by atoms with Gasteiger partial charge in [0.2, 0.25) is 0 Å². The molecular weight excluding hydrogens is 286 g/mol. The Morgan fingerprint density at radius 2 is 1.96 bits per heavy atom. The summed E-state index contributed by atoms with van der Waals surface area (Å²) in [7, 11) is 0. The van der Waals surface area contributed by atoms with E-state index in [1.807, 2.05) is 18.2 Å². The monoisotopic (exact) mass is 309 g/mol. The normalized spacial score (nSPS) is 10.5. The molecular formula is C19H23N3O. The maximum atomic E-state index is 12.3. The van der Waals surface area contributed by atoms with Crippen LogP contribution in [0.3, 0.4) is 0 Å². The highest BCUT2D eigenvalue weighted by Crippen LogP contribution is 2.07. The molecule has 0 atom stereocenters. The molecule has 23 heavy (non-hydrogen) atoms. The molecule has 4 nitrogen and oxygen atoms in total. The summed E-state index contributed by atoms with van der Waals surface area (Å²) in [6.45, 7) is 10.7. The third-order valence-corrected chi connectivity index (χ3v) is 3.38. The Morgan fingerprint density at radius 3 is 2.52 bits per heavy atom. The van der Waals surface area contributed by atoms with Gasteiger partial charge in [-0.1, -0.05) is 36.4 Å². The number of hydrogen-bond donors (Lipinski definition) is 1. The average molecular weight is 309 g/mol. The van der Waals surface area contributed by atoms with Crippen molar-refractivity contribution in [2.45, 2.75) is 13.3 Å². The second-order valence-corrected chi connectivity index (χ2v) is 5.09. The van der Waals surface area contributed by atoms with Crippen LogP contribution in [0.4, 0.5) is 0 Å². The van der Waals surface area contributed by atoms with E-state index in [0.29, 0.717) is 19.6 Å². The van der Waals surface area contributed by atoms with E-state index in [2.05, 4.69) is 37.5 Å². The lowest BCUT2D eigenvalue weighted by atomic mass is 10.1. The molecule has 0 radical (unpaired) electrons. The number of rotatable bonds is 9. The summed E-state index contributed by atoms with van der Waals surface area (Å²) in [4.78, 5) is 13.8. The zero-order chi connectivity index (χ0) is 17.1. The van der Waals surface area contributed by atoms with Crippen LogP contribution in [0, 0.1) is 18.3 Å². The van der Waals surface area contributed by atoms with Crippen molar-refractivity contribution >= 4 is 5.91 Å². The van der Waals surface area contributed by atoms with Crippen LogP contribution in [0.1, 0.15) is 11.1 Å². The van der Waals surface area contributed by atoms with Gasteiger partial charge >= 0.3 is 0 Å². The molecule has 0 fully saturated rings. The number of aryl methyl sites for hydroxylation is 1. The summed E-state index contributed by atoms with van der Waals surface area (Å²) in [6.07, 6.45) is 5.57. The minimum Gasteiger partial charge on any atom is -0.389 e. The van der Waals surface area contributed by atoms with Crippen LogP contribution < -0.4 is 5.32 Å². The second-order valence-electron chi connectivity index (χ2n) is 5.09. The molecule has 1 amide bonds. The molecule has 0 unspecified atom stereocenters. The van der Waals surface area contributed by atoms with E-state index in [1.54, 1.807) is 12.2 Å². The van der Waals surface area contributed by atoms with Crippen LogP contribution >= 0.6 is 0 Å². The van der Waals surface area contributed by atoms with E-state index in [0.717, 1.165) is 6.42 Å². The highest BCUT2D eigenvalue weighted by atomic mass is 16.2. The Labute approximate surface area is 138 Å². The molecule has 1 rings (SSSR count). The Kier molecular flexibility index (Phi) is 7.95. The minimum absolute atomic E-state index is 0.0819. The van der Waals surface area contributed by atoms with Crippen LogP contribution in [0.15, 0.2) is 61.3 Å². The Balaban J connectivity index is 2.63. The minimum atomic E-state index is -0.323. The molecule has 0 aliphatic rings. The van der Waals surface area contributed by atoms with Crippen molar-refractivity contribution < 1.29 is 4.79 Å². The van der Waals surface area contributed by atoms with Gasteiger partial charge in [0, 0.05) is 25.8 Å². The summed E-state index contributed by atoms with van der Waals surface area (Å²) in [5.41, 5.74) is 2.56. The molecule has 0 aromatic heterocycles. The van der Waals surface area contributed by atoms with Crippen LogP contribution in [-0.2, 0) is 11.2 Å². The van der Waals surface area contributed by atoms with Gasteiger partial charge in [0.05, 0.1) is 0 Å². The fraction of sp³-hybridized carbons (Fsp3) is 0.263. The fourth-order valence-corrected chi connectivity index (χ4v) is 2.14. The van der Waals surface area contributed by atoms with Crippen LogP contribution in [0.5, 0.6) is 0 Å². The molecule has 0 saturated heterocycles. The SMILES string of the molecule is C=CCN(CC=C)C(=O)/C(C#N)=C\NCCc1ccccc1C. The van der Waals surface area contributed by atoms with Gasteiger partial charge in [0.25, 0.3) is 5.91 Å². The van der Waals surface area contributed by atoms with Crippen LogP contribution in [-0.4, -0.2) is 30.4 Å². The number of carbonyl (C=O) groups is 1. The maximum absolute atomic E-state index is 12.3. The molecule has 0 aliphatic heterocycles. The van der Waals surface area contributed by atoms with Crippen LogP contribution in [0.25, 0.3) is 0 Å². The highest BCUT2D eigenvalue weighted by Gasteiger charge is 2.15. The molecule has 120 valence electrons. The third-order valence-electron chi connectivity index (χ3n) is 3.38. The number of hydrogen-bond acceptors (Lipinski definition) is 3. The lowest BCUT2D eigenvalue weighted by Crippen LogP contribution is -2.32. The van der Waals surface area contributed by atoms with Crippen molar-refractivity contribution in [2.75, 3.05) is 19.6 Å². The Hall–Kier alpha value is -2.80. The first-order chi connectivity index (χ1) is 11.1. The van der Waals surface area contributed by atoms with Crippen molar-refractivity contribution in [3.8, 4) is 6.07 Å². The van der Waals surface area contributed by atoms with Crippen molar-refractivity contribution in [3.05, 3.63) is 72.5 Å². The number of amides is 1. The van der Waals surface area contributed by atoms with Gasteiger partial charge in [-0.2, -0.15) is 5.26 Å². The molecule has 1 aromatic carbocycles. The molecule has 0 heterocycles. The maximum Gasteiger partial charge on any atom is 0.266 e. The summed E-state index contributed by atoms with van der Waals surface area (Å²) in [5, 5.41) is 12.2. The van der Waals surface area contributed by atoms with Crippen molar-refractivity contribution in [2.24, 2.45) is 0 Å². The molecule has 1 aromatic rings. The first kappa shape index (κ1) is 18.2. The predicted octanol–water partition coefficient (Wildman–Crippen LogP) is 2.74. The first-order valence-electron chi connectivity index (χ1n) is 7.53. The van der Waals surface area contributed by atoms with E-state index < -0.39 is 0 Å². The fourth-order valence-electron chi connectivity index (χ4n) is 2.14. The largest absolute Gasteiger partial charge is 0.389 e. The van der Waals surface area contributed by atoms with E-state index in [4.69, 9.17) is 0 Å². The number of nitrogens with zero attached hydrogens (tertiary/aromatic N) is 2. The van der Waals surface area contributed by atoms with Gasteiger partial charge in [-0.05, 0) is 24.5 Å². The number of nitriles is 1. The molecule has 0 bridgehead atoms. The smallest absolute Gasteiger partial charge is 0.266 e. The van der Waals surface area contributed by atoms with Crippen LogP contribution in [0.2, 0.25) is 0 Å². The lowest BCUT2D eigenvalue weighted by molar-refractivity contribution is -0.125. The van der Waals surface area contributed by atoms with Gasteiger partial charge < -0.3 is 10.2 Å². The predicted molar refractivity (Wildman–Crippen MR) is 93.6 cm³/mol. The van der Waals surface area contributed by atoms with Crippen molar-refractivity contribution in [1.82, 2.24) is 10.2 Å². The standard InChI is InChI=1S/C19H23N3O/c1-4-12-22(13-5-2)19(23)18(14-20)15-21-11-10-17-9-7-6-8-16(17)3/h4-9,15,21H,1-2,10-13H2,3H3/b18-15-. The summed E-state index contributed by atoms with van der Waals surface area (Å²) < 4.78 is 0. The summed E-state index contributed by atoms with van der Waals surface area (Å²) in [6, 6.07) is 10.1. The number of nitrogens with one attached hydrogen (secondary N) is 1. The van der Waals surface area contributed by atoms with E-state index in [-0.39, 0.29) is 11.5 Å². The summed E-state index contributed by atoms with van der Waals surface area (Å²) in [5.74, 6) is -0.323. The van der Waals surface area contributed by atoms with E-state index >= 15 is 0 Å².